The standard InChI is InChI=1S/C23H31N3O5S/c1-16-13-26(17(2)15-27)23(28)19-11-8-12-20(22(19)31-21(16)14-25(3)4)24-32(29,30)18-9-6-5-7-10-18/h5-12,16-17,21,24,27H,13-15H2,1-4H3/t16-,17+,21+/m1/s1. The third kappa shape index (κ3) is 5.23. The van der Waals surface area contributed by atoms with Crippen molar-refractivity contribution in [2.45, 2.75) is 30.9 Å². The number of carbonyl (C=O) groups is 1. The molecule has 0 aliphatic carbocycles. The van der Waals surface area contributed by atoms with Gasteiger partial charge < -0.3 is 19.6 Å². The van der Waals surface area contributed by atoms with Crippen molar-refractivity contribution in [1.29, 1.82) is 0 Å². The largest absolute Gasteiger partial charge is 0.486 e. The van der Waals surface area contributed by atoms with E-state index in [1.54, 1.807) is 48.2 Å². The van der Waals surface area contributed by atoms with E-state index in [9.17, 15) is 18.3 Å². The van der Waals surface area contributed by atoms with Crippen LogP contribution < -0.4 is 9.46 Å². The quantitative estimate of drug-likeness (QED) is 0.656. The number of nitrogens with zero attached hydrogens (tertiary/aromatic N) is 2. The second-order valence-electron chi connectivity index (χ2n) is 8.49. The predicted molar refractivity (Wildman–Crippen MR) is 123 cm³/mol. The fourth-order valence-corrected chi connectivity index (χ4v) is 4.79. The van der Waals surface area contributed by atoms with Crippen LogP contribution in [0.4, 0.5) is 5.69 Å². The molecule has 8 nitrogen and oxygen atoms in total. The first-order valence-corrected chi connectivity index (χ1v) is 12.1. The van der Waals surface area contributed by atoms with E-state index in [0.717, 1.165) is 0 Å². The molecule has 2 N–H and O–H groups in total. The molecule has 0 radical (unpaired) electrons. The van der Waals surface area contributed by atoms with E-state index >= 15 is 0 Å². The van der Waals surface area contributed by atoms with Crippen molar-refractivity contribution in [3.8, 4) is 5.75 Å². The molecule has 0 saturated carbocycles. The lowest BCUT2D eigenvalue weighted by atomic mass is 9.99. The van der Waals surface area contributed by atoms with Crippen molar-refractivity contribution in [2.75, 3.05) is 38.5 Å². The molecule has 0 saturated heterocycles. The van der Waals surface area contributed by atoms with Crippen LogP contribution in [0.25, 0.3) is 0 Å². The lowest BCUT2D eigenvalue weighted by Crippen LogP contribution is -2.49. The summed E-state index contributed by atoms with van der Waals surface area (Å²) in [5, 5.41) is 9.72. The first-order chi connectivity index (χ1) is 15.1. The number of likely N-dealkylation sites (N-methyl/N-ethyl adjacent to an activating group) is 1. The number of sulfonamides is 1. The summed E-state index contributed by atoms with van der Waals surface area (Å²) in [7, 11) is -0.0200. The summed E-state index contributed by atoms with van der Waals surface area (Å²) in [6.45, 7) is 4.59. The molecule has 0 unspecified atom stereocenters. The van der Waals surface area contributed by atoms with Crippen molar-refractivity contribution in [1.82, 2.24) is 9.80 Å². The molecule has 1 heterocycles. The van der Waals surface area contributed by atoms with E-state index in [4.69, 9.17) is 4.74 Å². The maximum atomic E-state index is 13.4. The number of para-hydroxylation sites is 1. The van der Waals surface area contributed by atoms with Crippen LogP contribution in [0.3, 0.4) is 0 Å². The molecule has 3 atom stereocenters. The highest BCUT2D eigenvalue weighted by Crippen LogP contribution is 2.36. The minimum atomic E-state index is -3.88. The van der Waals surface area contributed by atoms with Gasteiger partial charge in [-0.3, -0.25) is 9.52 Å². The minimum Gasteiger partial charge on any atom is -0.486 e. The Labute approximate surface area is 189 Å². The summed E-state index contributed by atoms with van der Waals surface area (Å²) >= 11 is 0. The summed E-state index contributed by atoms with van der Waals surface area (Å²) in [6.07, 6.45) is -0.298. The van der Waals surface area contributed by atoms with Crippen LogP contribution in [0.15, 0.2) is 53.4 Å². The highest BCUT2D eigenvalue weighted by atomic mass is 32.2. The minimum absolute atomic E-state index is 0.0534. The van der Waals surface area contributed by atoms with Gasteiger partial charge >= 0.3 is 0 Å². The lowest BCUT2D eigenvalue weighted by Gasteiger charge is -2.38. The number of amides is 1. The average molecular weight is 462 g/mol. The Morgan fingerprint density at radius 2 is 1.88 bits per heavy atom. The highest BCUT2D eigenvalue weighted by Gasteiger charge is 2.34. The number of carbonyl (C=O) groups excluding carboxylic acids is 1. The van der Waals surface area contributed by atoms with Crippen LogP contribution in [0, 0.1) is 5.92 Å². The van der Waals surface area contributed by atoms with E-state index < -0.39 is 10.0 Å². The lowest BCUT2D eigenvalue weighted by molar-refractivity contribution is 0.0366. The maximum absolute atomic E-state index is 13.4. The van der Waals surface area contributed by atoms with Gasteiger partial charge in [-0.25, -0.2) is 8.42 Å². The molecule has 1 amide bonds. The highest BCUT2D eigenvalue weighted by molar-refractivity contribution is 7.92. The van der Waals surface area contributed by atoms with Crippen LogP contribution in [0.1, 0.15) is 24.2 Å². The topological polar surface area (TPSA) is 99.2 Å². The van der Waals surface area contributed by atoms with E-state index in [2.05, 4.69) is 4.72 Å². The summed E-state index contributed by atoms with van der Waals surface area (Å²) in [4.78, 5) is 17.1. The van der Waals surface area contributed by atoms with E-state index in [1.807, 2.05) is 25.9 Å². The summed E-state index contributed by atoms with van der Waals surface area (Å²) in [6, 6.07) is 12.5. The van der Waals surface area contributed by atoms with Crippen LogP contribution in [-0.2, 0) is 10.0 Å². The molecule has 1 aliphatic heterocycles. The normalized spacial score (nSPS) is 20.2. The van der Waals surface area contributed by atoms with Crippen molar-refractivity contribution < 1.29 is 23.1 Å². The third-order valence-electron chi connectivity index (χ3n) is 5.53. The Balaban J connectivity index is 2.09. The number of fused-ring (bicyclic) bond motifs is 1. The van der Waals surface area contributed by atoms with Crippen LogP contribution in [-0.4, -0.2) is 75.2 Å². The van der Waals surface area contributed by atoms with Crippen molar-refractivity contribution >= 4 is 21.6 Å². The molecule has 1 aliphatic rings. The molecular weight excluding hydrogens is 430 g/mol. The van der Waals surface area contributed by atoms with E-state index in [-0.39, 0.29) is 52.5 Å². The third-order valence-corrected chi connectivity index (χ3v) is 6.92. The molecule has 174 valence electrons. The average Bonchev–Trinajstić information content (AvgIpc) is 2.76. The van der Waals surface area contributed by atoms with Gasteiger partial charge in [0.05, 0.1) is 28.8 Å². The SMILES string of the molecule is C[C@@H]1CN([C@@H](C)CO)C(=O)c2cccc(NS(=O)(=O)c3ccccc3)c2O[C@H]1CN(C)C. The number of hydrogen-bond donors (Lipinski definition) is 2. The van der Waals surface area contributed by atoms with Gasteiger partial charge in [-0.1, -0.05) is 31.2 Å². The van der Waals surface area contributed by atoms with E-state index in [0.29, 0.717) is 13.1 Å². The molecule has 3 rings (SSSR count). The second-order valence-corrected chi connectivity index (χ2v) is 10.2. The molecular formula is C23H31N3O5S. The number of ether oxygens (including phenoxy) is 1. The zero-order valence-corrected chi connectivity index (χ0v) is 19.7. The monoisotopic (exact) mass is 461 g/mol. The molecule has 9 heteroatoms. The molecule has 0 spiro atoms. The van der Waals surface area contributed by atoms with Gasteiger partial charge in [-0.05, 0) is 45.3 Å². The van der Waals surface area contributed by atoms with Gasteiger partial charge in [-0.2, -0.15) is 0 Å². The Bertz CT molecular complexity index is 1040. The number of aliphatic hydroxyl groups is 1. The zero-order chi connectivity index (χ0) is 23.5. The molecule has 2 aromatic carbocycles. The number of anilines is 1. The van der Waals surface area contributed by atoms with Crippen LogP contribution >= 0.6 is 0 Å². The fourth-order valence-electron chi connectivity index (χ4n) is 3.70. The van der Waals surface area contributed by atoms with Crippen molar-refractivity contribution in [2.24, 2.45) is 5.92 Å². The van der Waals surface area contributed by atoms with Crippen LogP contribution in [0.5, 0.6) is 5.75 Å². The second kappa shape index (κ2) is 9.89. The molecule has 0 aromatic heterocycles. The van der Waals surface area contributed by atoms with Gasteiger partial charge in [0, 0.05) is 19.0 Å². The van der Waals surface area contributed by atoms with Crippen molar-refractivity contribution in [3.63, 3.8) is 0 Å². The predicted octanol–water partition coefficient (Wildman–Crippen LogP) is 2.27. The van der Waals surface area contributed by atoms with Crippen LogP contribution in [0.2, 0.25) is 0 Å². The van der Waals surface area contributed by atoms with Gasteiger partial charge in [-0.15, -0.1) is 0 Å². The summed E-state index contributed by atoms with van der Waals surface area (Å²) < 4.78 is 34.8. The number of benzene rings is 2. The van der Waals surface area contributed by atoms with Crippen molar-refractivity contribution in [3.05, 3.63) is 54.1 Å². The summed E-state index contributed by atoms with van der Waals surface area (Å²) in [5.41, 5.74) is 0.461. The summed E-state index contributed by atoms with van der Waals surface area (Å²) in [5.74, 6) is -0.162. The molecule has 0 fully saturated rings. The zero-order valence-electron chi connectivity index (χ0n) is 18.9. The Morgan fingerprint density at radius 1 is 1.19 bits per heavy atom. The van der Waals surface area contributed by atoms with Gasteiger partial charge in [0.2, 0.25) is 0 Å². The number of nitrogens with one attached hydrogen (secondary N) is 1. The van der Waals surface area contributed by atoms with E-state index in [1.165, 1.54) is 12.1 Å². The Kier molecular flexibility index (Phi) is 7.43. The first kappa shape index (κ1) is 24.0. The Morgan fingerprint density at radius 3 is 2.50 bits per heavy atom. The van der Waals surface area contributed by atoms with Gasteiger partial charge in [0.15, 0.2) is 5.75 Å². The molecule has 32 heavy (non-hydrogen) atoms. The smallest absolute Gasteiger partial charge is 0.262 e. The number of hydrogen-bond acceptors (Lipinski definition) is 6. The first-order valence-electron chi connectivity index (χ1n) is 10.6. The maximum Gasteiger partial charge on any atom is 0.262 e. The number of rotatable bonds is 7. The molecule has 2 aromatic rings. The van der Waals surface area contributed by atoms with Gasteiger partial charge in [0.1, 0.15) is 6.10 Å². The molecule has 0 bridgehead atoms. The Hall–Kier alpha value is -2.62. The fraction of sp³-hybridized carbons (Fsp3) is 0.435. The number of aliphatic hydroxyl groups excluding tert-OH is 1. The van der Waals surface area contributed by atoms with Gasteiger partial charge in [0.25, 0.3) is 15.9 Å².